The van der Waals surface area contributed by atoms with Crippen molar-refractivity contribution in [1.82, 2.24) is 14.3 Å². The molecule has 0 fully saturated rings. The summed E-state index contributed by atoms with van der Waals surface area (Å²) in [4.78, 5) is 0.469. The molecule has 0 spiro atoms. The van der Waals surface area contributed by atoms with Crippen molar-refractivity contribution in [1.29, 1.82) is 0 Å². The van der Waals surface area contributed by atoms with Gasteiger partial charge in [-0.15, -0.1) is 0 Å². The molecule has 0 aliphatic rings. The second kappa shape index (κ2) is 11.7. The average molecular weight is 502 g/mol. The van der Waals surface area contributed by atoms with E-state index < -0.39 is 20.0 Å². The largest absolute Gasteiger partial charge is 0.314 e. The Bertz CT molecular complexity index is 1260. The molecule has 34 heavy (non-hydrogen) atoms. The van der Waals surface area contributed by atoms with Gasteiger partial charge in [-0.05, 0) is 43.7 Å². The van der Waals surface area contributed by atoms with Gasteiger partial charge in [-0.2, -0.15) is 4.31 Å². The number of hydrogen-bond acceptors (Lipinski definition) is 5. The minimum absolute atomic E-state index is 0.194. The SMILES string of the molecule is Cc1ccc(S(=O)(=O)NCCNCCN(Cc2ccccc2)S(=O)(=O)c2ccc(C)cc2)cc1. The minimum Gasteiger partial charge on any atom is -0.314 e. The number of rotatable bonds is 12. The van der Waals surface area contributed by atoms with Gasteiger partial charge in [0, 0.05) is 32.7 Å². The highest BCUT2D eigenvalue weighted by molar-refractivity contribution is 7.89. The van der Waals surface area contributed by atoms with Crippen LogP contribution in [0.25, 0.3) is 0 Å². The molecule has 9 heteroatoms. The van der Waals surface area contributed by atoms with Crippen LogP contribution in [0.2, 0.25) is 0 Å². The van der Waals surface area contributed by atoms with Crippen molar-refractivity contribution in [2.75, 3.05) is 26.2 Å². The number of nitrogens with zero attached hydrogens (tertiary/aromatic N) is 1. The van der Waals surface area contributed by atoms with E-state index in [2.05, 4.69) is 10.0 Å². The molecule has 0 aliphatic heterocycles. The summed E-state index contributed by atoms with van der Waals surface area (Å²) < 4.78 is 55.3. The van der Waals surface area contributed by atoms with Gasteiger partial charge in [0.2, 0.25) is 20.0 Å². The Kier molecular flexibility index (Phi) is 8.98. The van der Waals surface area contributed by atoms with E-state index in [9.17, 15) is 16.8 Å². The van der Waals surface area contributed by atoms with Crippen molar-refractivity contribution in [3.63, 3.8) is 0 Å². The summed E-state index contributed by atoms with van der Waals surface area (Å²) in [6.07, 6.45) is 0. The first kappa shape index (κ1) is 26.1. The summed E-state index contributed by atoms with van der Waals surface area (Å²) in [5, 5.41) is 3.13. The van der Waals surface area contributed by atoms with E-state index >= 15 is 0 Å². The molecular weight excluding hydrogens is 470 g/mol. The predicted molar refractivity (Wildman–Crippen MR) is 134 cm³/mol. The first-order valence-corrected chi connectivity index (χ1v) is 14.0. The van der Waals surface area contributed by atoms with Gasteiger partial charge in [0.05, 0.1) is 9.79 Å². The van der Waals surface area contributed by atoms with Crippen LogP contribution in [0, 0.1) is 13.8 Å². The third-order valence-electron chi connectivity index (χ3n) is 5.32. The molecule has 0 saturated heterocycles. The normalized spacial score (nSPS) is 12.2. The molecule has 0 bridgehead atoms. The molecular formula is C25H31N3O4S2. The lowest BCUT2D eigenvalue weighted by molar-refractivity contribution is 0.400. The van der Waals surface area contributed by atoms with Gasteiger partial charge >= 0.3 is 0 Å². The molecule has 0 heterocycles. The van der Waals surface area contributed by atoms with Gasteiger partial charge in [-0.25, -0.2) is 21.6 Å². The van der Waals surface area contributed by atoms with Crippen LogP contribution >= 0.6 is 0 Å². The smallest absolute Gasteiger partial charge is 0.243 e. The lowest BCUT2D eigenvalue weighted by atomic mass is 10.2. The monoisotopic (exact) mass is 501 g/mol. The molecule has 0 unspecified atom stereocenters. The highest BCUT2D eigenvalue weighted by atomic mass is 32.2. The number of benzene rings is 3. The highest BCUT2D eigenvalue weighted by Gasteiger charge is 2.24. The first-order valence-electron chi connectivity index (χ1n) is 11.1. The average Bonchev–Trinajstić information content (AvgIpc) is 2.81. The summed E-state index contributed by atoms with van der Waals surface area (Å²) in [6, 6.07) is 22.9. The zero-order chi connectivity index (χ0) is 24.6. The molecule has 2 N–H and O–H groups in total. The molecule has 0 amide bonds. The number of hydrogen-bond donors (Lipinski definition) is 2. The van der Waals surface area contributed by atoms with E-state index in [1.807, 2.05) is 44.2 Å². The molecule has 0 aromatic heterocycles. The Morgan fingerprint density at radius 1 is 0.676 bits per heavy atom. The Balaban J connectivity index is 1.57. The molecule has 0 aliphatic carbocycles. The zero-order valence-corrected chi connectivity index (χ0v) is 21.1. The van der Waals surface area contributed by atoms with E-state index in [0.717, 1.165) is 16.7 Å². The van der Waals surface area contributed by atoms with Gasteiger partial charge < -0.3 is 5.32 Å². The number of nitrogens with one attached hydrogen (secondary N) is 2. The molecule has 7 nitrogen and oxygen atoms in total. The Labute approximate surface area is 202 Å². The molecule has 182 valence electrons. The van der Waals surface area contributed by atoms with Crippen LogP contribution < -0.4 is 10.0 Å². The summed E-state index contributed by atoms with van der Waals surface area (Å²) >= 11 is 0. The third-order valence-corrected chi connectivity index (χ3v) is 8.66. The second-order valence-corrected chi connectivity index (χ2v) is 11.8. The second-order valence-electron chi connectivity index (χ2n) is 8.10. The lowest BCUT2D eigenvalue weighted by Crippen LogP contribution is -2.38. The molecule has 3 aromatic rings. The van der Waals surface area contributed by atoms with Gasteiger partial charge in [0.15, 0.2) is 0 Å². The van der Waals surface area contributed by atoms with Gasteiger partial charge in [0.25, 0.3) is 0 Å². The van der Waals surface area contributed by atoms with Crippen molar-refractivity contribution >= 4 is 20.0 Å². The quantitative estimate of drug-likeness (QED) is 0.372. The predicted octanol–water partition coefficient (Wildman–Crippen LogP) is 3.06. The molecule has 3 aromatic carbocycles. The van der Waals surface area contributed by atoms with Gasteiger partial charge in [-0.3, -0.25) is 0 Å². The Morgan fingerprint density at radius 2 is 1.24 bits per heavy atom. The summed E-state index contributed by atoms with van der Waals surface area (Å²) in [6.45, 7) is 5.25. The first-order chi connectivity index (χ1) is 16.2. The standard InChI is InChI=1S/C25H31N3O4S2/c1-21-8-12-24(13-9-21)33(29,30)27-17-16-26-18-19-28(20-23-6-4-3-5-7-23)34(31,32)25-14-10-22(2)11-15-25/h3-15,26-27H,16-20H2,1-2H3. The van der Waals surface area contributed by atoms with E-state index in [0.29, 0.717) is 13.1 Å². The van der Waals surface area contributed by atoms with Gasteiger partial charge in [0.1, 0.15) is 0 Å². The number of sulfonamides is 2. The molecule has 3 rings (SSSR count). The summed E-state index contributed by atoms with van der Waals surface area (Å²) in [5.41, 5.74) is 2.87. The fourth-order valence-corrected chi connectivity index (χ4v) is 5.79. The van der Waals surface area contributed by atoms with Crippen LogP contribution in [-0.2, 0) is 26.6 Å². The maximum absolute atomic E-state index is 13.3. The maximum Gasteiger partial charge on any atom is 0.243 e. The maximum atomic E-state index is 13.3. The van der Waals surface area contributed by atoms with E-state index in [-0.39, 0.29) is 29.4 Å². The van der Waals surface area contributed by atoms with E-state index in [1.165, 1.54) is 4.31 Å². The zero-order valence-electron chi connectivity index (χ0n) is 19.4. The fraction of sp³-hybridized carbons (Fsp3) is 0.280. The molecule has 0 radical (unpaired) electrons. The number of aryl methyl sites for hydroxylation is 2. The van der Waals surface area contributed by atoms with Crippen molar-refractivity contribution < 1.29 is 16.8 Å². The fourth-order valence-electron chi connectivity index (χ4n) is 3.33. The van der Waals surface area contributed by atoms with Crippen LogP contribution in [0.3, 0.4) is 0 Å². The Hall–Kier alpha value is -2.56. The van der Waals surface area contributed by atoms with Crippen molar-refractivity contribution in [3.05, 3.63) is 95.6 Å². The van der Waals surface area contributed by atoms with Crippen LogP contribution in [0.4, 0.5) is 0 Å². The molecule has 0 saturated carbocycles. The molecule has 0 atom stereocenters. The highest BCUT2D eigenvalue weighted by Crippen LogP contribution is 2.19. The topological polar surface area (TPSA) is 95.6 Å². The van der Waals surface area contributed by atoms with Crippen molar-refractivity contribution in [2.45, 2.75) is 30.2 Å². The minimum atomic E-state index is -3.69. The third kappa shape index (κ3) is 7.22. The summed E-state index contributed by atoms with van der Waals surface area (Å²) in [7, 11) is -7.27. The van der Waals surface area contributed by atoms with Crippen LogP contribution in [0.5, 0.6) is 0 Å². The van der Waals surface area contributed by atoms with E-state index in [4.69, 9.17) is 0 Å². The van der Waals surface area contributed by atoms with Gasteiger partial charge in [-0.1, -0.05) is 65.7 Å². The van der Waals surface area contributed by atoms with Crippen molar-refractivity contribution in [2.24, 2.45) is 0 Å². The van der Waals surface area contributed by atoms with E-state index in [1.54, 1.807) is 48.5 Å². The lowest BCUT2D eigenvalue weighted by Gasteiger charge is -2.23. The summed E-state index contributed by atoms with van der Waals surface area (Å²) in [5.74, 6) is 0. The van der Waals surface area contributed by atoms with Crippen LogP contribution in [0.15, 0.2) is 88.7 Å². The van der Waals surface area contributed by atoms with Crippen LogP contribution in [-0.4, -0.2) is 47.3 Å². The van der Waals surface area contributed by atoms with Crippen molar-refractivity contribution in [3.8, 4) is 0 Å². The Morgan fingerprint density at radius 3 is 1.82 bits per heavy atom. The van der Waals surface area contributed by atoms with Crippen LogP contribution in [0.1, 0.15) is 16.7 Å².